The Bertz CT molecular complexity index is 559. The molecular formula is C19H20O2. The van der Waals surface area contributed by atoms with Gasteiger partial charge in [0, 0.05) is 6.42 Å². The highest BCUT2D eigenvalue weighted by Gasteiger charge is 2.02. The van der Waals surface area contributed by atoms with Crippen molar-refractivity contribution in [2.75, 3.05) is 0 Å². The zero-order chi connectivity index (χ0) is 14.8. The minimum Gasteiger partial charge on any atom is -0.461 e. The highest BCUT2D eigenvalue weighted by molar-refractivity contribution is 5.69. The van der Waals surface area contributed by atoms with Crippen LogP contribution in [0.5, 0.6) is 0 Å². The zero-order valence-corrected chi connectivity index (χ0v) is 12.1. The van der Waals surface area contributed by atoms with E-state index in [2.05, 4.69) is 24.3 Å². The van der Waals surface area contributed by atoms with Gasteiger partial charge in [0.05, 0.1) is 0 Å². The fourth-order valence-corrected chi connectivity index (χ4v) is 1.96. The Balaban J connectivity index is 1.60. The summed E-state index contributed by atoms with van der Waals surface area (Å²) in [6.07, 6.45) is 6.34. The fraction of sp³-hybridized carbons (Fsp3) is 0.211. The molecule has 0 radical (unpaired) electrons. The first kappa shape index (κ1) is 15.0. The predicted molar refractivity (Wildman–Crippen MR) is 85.6 cm³/mol. The molecule has 0 saturated carbocycles. The van der Waals surface area contributed by atoms with Gasteiger partial charge in [0.2, 0.25) is 0 Å². The third-order valence-corrected chi connectivity index (χ3v) is 3.10. The van der Waals surface area contributed by atoms with Crippen molar-refractivity contribution in [2.24, 2.45) is 0 Å². The van der Waals surface area contributed by atoms with Gasteiger partial charge in [-0.05, 0) is 24.0 Å². The molecule has 21 heavy (non-hydrogen) atoms. The Kier molecular flexibility index (Phi) is 6.27. The summed E-state index contributed by atoms with van der Waals surface area (Å²) in [6.45, 7) is 0.361. The second-order valence-corrected chi connectivity index (χ2v) is 4.85. The van der Waals surface area contributed by atoms with Crippen molar-refractivity contribution in [1.82, 2.24) is 0 Å². The number of carbonyl (C=O) groups excluding carboxylic acids is 1. The van der Waals surface area contributed by atoms with Crippen LogP contribution in [0.2, 0.25) is 0 Å². The Morgan fingerprint density at radius 1 is 0.952 bits per heavy atom. The van der Waals surface area contributed by atoms with E-state index in [1.165, 1.54) is 5.56 Å². The summed E-state index contributed by atoms with van der Waals surface area (Å²) in [5, 5.41) is 0. The number of ether oxygens (including phenoxy) is 1. The van der Waals surface area contributed by atoms with Crippen LogP contribution in [-0.4, -0.2) is 5.97 Å². The fourth-order valence-electron chi connectivity index (χ4n) is 1.96. The van der Waals surface area contributed by atoms with Crippen molar-refractivity contribution in [3.05, 3.63) is 77.9 Å². The van der Waals surface area contributed by atoms with Crippen LogP contribution < -0.4 is 0 Å². The normalized spacial score (nSPS) is 10.7. The summed E-state index contributed by atoms with van der Waals surface area (Å²) in [5.74, 6) is -0.132. The van der Waals surface area contributed by atoms with Crippen LogP contribution in [0.15, 0.2) is 66.7 Å². The summed E-state index contributed by atoms with van der Waals surface area (Å²) in [6, 6.07) is 19.9. The van der Waals surface area contributed by atoms with Gasteiger partial charge >= 0.3 is 5.97 Å². The second-order valence-electron chi connectivity index (χ2n) is 4.85. The van der Waals surface area contributed by atoms with E-state index in [0.29, 0.717) is 13.0 Å². The van der Waals surface area contributed by atoms with Crippen molar-refractivity contribution in [3.63, 3.8) is 0 Å². The maximum absolute atomic E-state index is 11.6. The molecule has 2 aromatic rings. The highest BCUT2D eigenvalue weighted by Crippen LogP contribution is 2.06. The summed E-state index contributed by atoms with van der Waals surface area (Å²) in [7, 11) is 0. The monoisotopic (exact) mass is 280 g/mol. The molecule has 0 saturated heterocycles. The van der Waals surface area contributed by atoms with E-state index < -0.39 is 0 Å². The lowest BCUT2D eigenvalue weighted by atomic mass is 10.1. The third kappa shape index (κ3) is 6.09. The van der Waals surface area contributed by atoms with Crippen LogP contribution >= 0.6 is 0 Å². The molecule has 2 heteroatoms. The molecule has 0 spiro atoms. The van der Waals surface area contributed by atoms with Gasteiger partial charge in [-0.2, -0.15) is 0 Å². The molecule has 108 valence electrons. The lowest BCUT2D eigenvalue weighted by Crippen LogP contribution is -2.03. The van der Waals surface area contributed by atoms with Crippen LogP contribution in [0.25, 0.3) is 6.08 Å². The first-order valence-corrected chi connectivity index (χ1v) is 7.26. The standard InChI is InChI=1S/C19H20O2/c20-19(21-16-18-13-7-2-8-14-18)15-9-3-6-12-17-10-4-1-5-11-17/h1-2,4-8,10-14H,3,9,15-16H2/b12-6-. The molecule has 0 fully saturated rings. The van der Waals surface area contributed by atoms with Crippen molar-refractivity contribution >= 4 is 12.0 Å². The zero-order valence-electron chi connectivity index (χ0n) is 12.1. The van der Waals surface area contributed by atoms with E-state index in [9.17, 15) is 4.79 Å². The molecule has 0 aliphatic carbocycles. The number of esters is 1. The number of hydrogen-bond donors (Lipinski definition) is 0. The van der Waals surface area contributed by atoms with Crippen LogP contribution in [0, 0.1) is 0 Å². The van der Waals surface area contributed by atoms with Gasteiger partial charge in [0.15, 0.2) is 0 Å². The van der Waals surface area contributed by atoms with E-state index in [-0.39, 0.29) is 5.97 Å². The molecule has 2 nitrogen and oxygen atoms in total. The molecule has 0 aliphatic rings. The minimum absolute atomic E-state index is 0.132. The quantitative estimate of drug-likeness (QED) is 0.546. The Morgan fingerprint density at radius 2 is 1.62 bits per heavy atom. The third-order valence-electron chi connectivity index (χ3n) is 3.10. The molecule has 0 atom stereocenters. The number of carbonyl (C=O) groups is 1. The van der Waals surface area contributed by atoms with Gasteiger partial charge in [-0.15, -0.1) is 0 Å². The van der Waals surface area contributed by atoms with Crippen molar-refractivity contribution in [3.8, 4) is 0 Å². The summed E-state index contributed by atoms with van der Waals surface area (Å²) >= 11 is 0. The molecule has 0 heterocycles. The molecule has 0 aromatic heterocycles. The first-order chi connectivity index (χ1) is 10.3. The average molecular weight is 280 g/mol. The molecule has 2 rings (SSSR count). The Labute approximate surface area is 126 Å². The second kappa shape index (κ2) is 8.75. The lowest BCUT2D eigenvalue weighted by Gasteiger charge is -2.04. The predicted octanol–water partition coefficient (Wildman–Crippen LogP) is 4.61. The van der Waals surface area contributed by atoms with E-state index in [1.54, 1.807) is 0 Å². The number of hydrogen-bond acceptors (Lipinski definition) is 2. The summed E-state index contributed by atoms with van der Waals surface area (Å²) < 4.78 is 5.23. The van der Waals surface area contributed by atoms with Crippen molar-refractivity contribution < 1.29 is 9.53 Å². The number of allylic oxidation sites excluding steroid dienone is 1. The number of benzene rings is 2. The van der Waals surface area contributed by atoms with Gasteiger partial charge < -0.3 is 4.74 Å². The largest absolute Gasteiger partial charge is 0.461 e. The molecule has 0 unspecified atom stereocenters. The van der Waals surface area contributed by atoms with Crippen molar-refractivity contribution in [2.45, 2.75) is 25.9 Å². The highest BCUT2D eigenvalue weighted by atomic mass is 16.5. The topological polar surface area (TPSA) is 26.3 Å². The van der Waals surface area contributed by atoms with Gasteiger partial charge in [-0.1, -0.05) is 72.8 Å². The molecular weight excluding hydrogens is 260 g/mol. The maximum Gasteiger partial charge on any atom is 0.306 e. The molecule has 2 aromatic carbocycles. The van der Waals surface area contributed by atoms with E-state index in [0.717, 1.165) is 18.4 Å². The molecule has 0 N–H and O–H groups in total. The molecule has 0 aliphatic heterocycles. The van der Waals surface area contributed by atoms with Crippen LogP contribution in [0.1, 0.15) is 30.4 Å². The SMILES string of the molecule is O=C(CCC/C=C\c1ccccc1)OCc1ccccc1. The molecule has 0 bridgehead atoms. The van der Waals surface area contributed by atoms with Gasteiger partial charge in [-0.25, -0.2) is 0 Å². The van der Waals surface area contributed by atoms with Gasteiger partial charge in [-0.3, -0.25) is 4.79 Å². The minimum atomic E-state index is -0.132. The van der Waals surface area contributed by atoms with Gasteiger partial charge in [0.1, 0.15) is 6.61 Å². The van der Waals surface area contributed by atoms with Crippen LogP contribution in [0.4, 0.5) is 0 Å². The Hall–Kier alpha value is -2.35. The number of unbranched alkanes of at least 4 members (excludes halogenated alkanes) is 1. The van der Waals surface area contributed by atoms with E-state index >= 15 is 0 Å². The maximum atomic E-state index is 11.6. The molecule has 0 amide bonds. The summed E-state index contributed by atoms with van der Waals surface area (Å²) in [5.41, 5.74) is 2.21. The smallest absolute Gasteiger partial charge is 0.306 e. The van der Waals surface area contributed by atoms with E-state index in [4.69, 9.17) is 4.74 Å². The average Bonchev–Trinajstić information content (AvgIpc) is 2.54. The first-order valence-electron chi connectivity index (χ1n) is 7.26. The van der Waals surface area contributed by atoms with Gasteiger partial charge in [0.25, 0.3) is 0 Å². The van der Waals surface area contributed by atoms with Crippen LogP contribution in [0.3, 0.4) is 0 Å². The van der Waals surface area contributed by atoms with Crippen molar-refractivity contribution in [1.29, 1.82) is 0 Å². The van der Waals surface area contributed by atoms with Crippen LogP contribution in [-0.2, 0) is 16.1 Å². The summed E-state index contributed by atoms with van der Waals surface area (Å²) in [4.78, 5) is 11.6. The van der Waals surface area contributed by atoms with E-state index in [1.807, 2.05) is 48.5 Å². The Morgan fingerprint density at radius 3 is 2.33 bits per heavy atom. The number of rotatable bonds is 7. The lowest BCUT2D eigenvalue weighted by molar-refractivity contribution is -0.145.